The van der Waals surface area contributed by atoms with Crippen molar-refractivity contribution in [2.45, 2.75) is 77.0 Å². The molecule has 0 aliphatic heterocycles. The van der Waals surface area contributed by atoms with Crippen molar-refractivity contribution in [1.29, 1.82) is 0 Å². The molecule has 0 aromatic heterocycles. The van der Waals surface area contributed by atoms with E-state index in [1.165, 1.54) is 16.7 Å². The van der Waals surface area contributed by atoms with Gasteiger partial charge in [0, 0.05) is 11.5 Å². The average molecular weight is 303 g/mol. The fourth-order valence-corrected chi connectivity index (χ4v) is 5.96. The van der Waals surface area contributed by atoms with E-state index in [0.29, 0.717) is 5.92 Å². The third-order valence-electron chi connectivity index (χ3n) is 7.46. The molecule has 0 bridgehead atoms. The minimum absolute atomic E-state index is 0.0878. The van der Waals surface area contributed by atoms with E-state index in [0.717, 1.165) is 44.9 Å². The van der Waals surface area contributed by atoms with Crippen molar-refractivity contribution < 1.29 is 10.2 Å². The quantitative estimate of drug-likeness (QED) is 0.603. The van der Waals surface area contributed by atoms with E-state index in [1.807, 2.05) is 0 Å². The summed E-state index contributed by atoms with van der Waals surface area (Å²) in [5.74, 6) is 0.448. The van der Waals surface area contributed by atoms with Crippen LogP contribution in [-0.2, 0) is 0 Å². The Morgan fingerprint density at radius 1 is 1.09 bits per heavy atom. The van der Waals surface area contributed by atoms with Crippen LogP contribution in [0.4, 0.5) is 0 Å². The van der Waals surface area contributed by atoms with Gasteiger partial charge in [-0.25, -0.2) is 0 Å². The molecule has 22 heavy (non-hydrogen) atoms. The van der Waals surface area contributed by atoms with Gasteiger partial charge in [0.2, 0.25) is 0 Å². The van der Waals surface area contributed by atoms with Crippen molar-refractivity contribution >= 4 is 0 Å². The molecule has 0 radical (unpaired) electrons. The maximum atomic E-state index is 10.9. The van der Waals surface area contributed by atoms with Gasteiger partial charge >= 0.3 is 0 Å². The van der Waals surface area contributed by atoms with Crippen molar-refractivity contribution in [1.82, 2.24) is 0 Å². The van der Waals surface area contributed by atoms with E-state index in [2.05, 4.69) is 19.9 Å². The monoisotopic (exact) mass is 303 g/mol. The lowest BCUT2D eigenvalue weighted by Crippen LogP contribution is -2.48. The van der Waals surface area contributed by atoms with Crippen LogP contribution in [0, 0.1) is 16.7 Å². The first-order valence-electron chi connectivity index (χ1n) is 8.92. The molecule has 3 heteroatoms. The summed E-state index contributed by atoms with van der Waals surface area (Å²) in [7, 11) is 0. The first-order chi connectivity index (χ1) is 10.4. The van der Waals surface area contributed by atoms with E-state index in [1.54, 1.807) is 0 Å². The Morgan fingerprint density at radius 2 is 1.82 bits per heavy atom. The maximum absolute atomic E-state index is 10.9. The number of rotatable bonds is 0. The Bertz CT molecular complexity index is 566. The van der Waals surface area contributed by atoms with Crippen molar-refractivity contribution in [3.63, 3.8) is 0 Å². The van der Waals surface area contributed by atoms with Crippen molar-refractivity contribution in [3.8, 4) is 0 Å². The van der Waals surface area contributed by atoms with Crippen LogP contribution < -0.4 is 5.73 Å². The van der Waals surface area contributed by atoms with Gasteiger partial charge in [0.05, 0.1) is 12.2 Å². The van der Waals surface area contributed by atoms with Crippen molar-refractivity contribution in [3.05, 3.63) is 22.8 Å². The van der Waals surface area contributed by atoms with Crippen LogP contribution in [0.3, 0.4) is 0 Å². The summed E-state index contributed by atoms with van der Waals surface area (Å²) in [6.45, 7) is 4.59. The van der Waals surface area contributed by atoms with Crippen LogP contribution in [0.2, 0.25) is 0 Å². The van der Waals surface area contributed by atoms with Crippen LogP contribution in [0.1, 0.15) is 58.8 Å². The highest BCUT2D eigenvalue weighted by atomic mass is 16.3. The number of aliphatic hydroxyl groups is 2. The van der Waals surface area contributed by atoms with Crippen molar-refractivity contribution in [2.24, 2.45) is 22.5 Å². The molecule has 1 unspecified atom stereocenters. The molecule has 3 nitrogen and oxygen atoms in total. The zero-order chi connectivity index (χ0) is 15.7. The lowest BCUT2D eigenvalue weighted by molar-refractivity contribution is 0.0392. The van der Waals surface area contributed by atoms with E-state index < -0.39 is 0 Å². The second kappa shape index (κ2) is 4.68. The van der Waals surface area contributed by atoms with Gasteiger partial charge in [-0.05, 0) is 61.9 Å². The van der Waals surface area contributed by atoms with Crippen LogP contribution >= 0.6 is 0 Å². The normalized spacial score (nSPS) is 51.0. The molecule has 0 saturated heterocycles. The van der Waals surface area contributed by atoms with Gasteiger partial charge in [0.15, 0.2) is 0 Å². The lowest BCUT2D eigenvalue weighted by Gasteiger charge is -2.54. The lowest BCUT2D eigenvalue weighted by atomic mass is 9.51. The molecule has 0 amide bonds. The summed E-state index contributed by atoms with van der Waals surface area (Å²) >= 11 is 0. The topological polar surface area (TPSA) is 66.5 Å². The summed E-state index contributed by atoms with van der Waals surface area (Å²) < 4.78 is 0. The largest absolute Gasteiger partial charge is 0.392 e. The zero-order valence-electron chi connectivity index (χ0n) is 13.8. The standard InChI is InChI=1S/C19H29NO2/c1-18-7-5-12(20)9-11(18)10-15(21)17-13-3-4-16(22)19(13,2)8-6-14(17)18/h9,12,14-16,21-22H,3-8,10,20H2,1-2H3/t12?,14-,15-,16-,18-,19-/m0/s1. The highest BCUT2D eigenvalue weighted by Gasteiger charge is 2.55. The molecule has 0 aromatic carbocycles. The number of nitrogens with two attached hydrogens (primary N) is 1. The third kappa shape index (κ3) is 1.79. The highest BCUT2D eigenvalue weighted by molar-refractivity contribution is 5.42. The molecule has 4 aliphatic rings. The summed E-state index contributed by atoms with van der Waals surface area (Å²) in [4.78, 5) is 0. The van der Waals surface area contributed by atoms with E-state index in [4.69, 9.17) is 5.73 Å². The fraction of sp³-hybridized carbons (Fsp3) is 0.789. The third-order valence-corrected chi connectivity index (χ3v) is 7.46. The molecule has 4 rings (SSSR count). The minimum atomic E-state index is -0.366. The molecule has 0 spiro atoms. The van der Waals surface area contributed by atoms with Crippen LogP contribution in [-0.4, -0.2) is 28.5 Å². The number of aliphatic hydroxyl groups excluding tert-OH is 2. The van der Waals surface area contributed by atoms with E-state index >= 15 is 0 Å². The average Bonchev–Trinajstić information content (AvgIpc) is 2.77. The maximum Gasteiger partial charge on any atom is 0.0793 e. The summed E-state index contributed by atoms with van der Waals surface area (Å²) in [6, 6.07) is 0.159. The van der Waals surface area contributed by atoms with Crippen LogP contribution in [0.25, 0.3) is 0 Å². The SMILES string of the molecule is C[C@]12CC[C@H]3C(=C1CC[C@@H]2O)[C@@H](O)CC1=CC(N)CC[C@@]13C. The Kier molecular flexibility index (Phi) is 3.18. The number of hydrogen-bond acceptors (Lipinski definition) is 3. The molecular formula is C19H29NO2. The van der Waals surface area contributed by atoms with Gasteiger partial charge < -0.3 is 15.9 Å². The smallest absolute Gasteiger partial charge is 0.0793 e. The summed E-state index contributed by atoms with van der Waals surface area (Å²) in [6.07, 6.45) is 8.53. The first kappa shape index (κ1) is 14.9. The Balaban J connectivity index is 1.83. The molecule has 0 aromatic rings. The van der Waals surface area contributed by atoms with Gasteiger partial charge in [-0.2, -0.15) is 0 Å². The zero-order valence-corrected chi connectivity index (χ0v) is 13.8. The molecule has 122 valence electrons. The molecule has 2 saturated carbocycles. The van der Waals surface area contributed by atoms with Gasteiger partial charge in [-0.1, -0.05) is 31.1 Å². The molecule has 2 fully saturated rings. The van der Waals surface area contributed by atoms with Gasteiger partial charge in [0.1, 0.15) is 0 Å². The second-order valence-electron chi connectivity index (χ2n) is 8.53. The summed E-state index contributed by atoms with van der Waals surface area (Å²) in [5, 5.41) is 21.3. The molecular weight excluding hydrogens is 274 g/mol. The molecule has 4 N–H and O–H groups in total. The van der Waals surface area contributed by atoms with Gasteiger partial charge in [-0.3, -0.25) is 0 Å². The first-order valence-corrected chi connectivity index (χ1v) is 8.92. The Morgan fingerprint density at radius 3 is 2.59 bits per heavy atom. The van der Waals surface area contributed by atoms with Crippen LogP contribution in [0.15, 0.2) is 22.8 Å². The predicted octanol–water partition coefficient (Wildman–Crippen LogP) is 2.67. The predicted molar refractivity (Wildman–Crippen MR) is 87.1 cm³/mol. The minimum Gasteiger partial charge on any atom is -0.392 e. The Labute approximate surface area is 133 Å². The van der Waals surface area contributed by atoms with Crippen LogP contribution in [0.5, 0.6) is 0 Å². The highest BCUT2D eigenvalue weighted by Crippen LogP contribution is 2.62. The second-order valence-corrected chi connectivity index (χ2v) is 8.53. The van der Waals surface area contributed by atoms with Gasteiger partial charge in [-0.15, -0.1) is 0 Å². The molecule has 0 heterocycles. The van der Waals surface area contributed by atoms with E-state index in [9.17, 15) is 10.2 Å². The number of fused-ring (bicyclic) bond motifs is 4. The molecule has 6 atom stereocenters. The van der Waals surface area contributed by atoms with Crippen molar-refractivity contribution in [2.75, 3.05) is 0 Å². The van der Waals surface area contributed by atoms with E-state index in [-0.39, 0.29) is 29.1 Å². The Hall–Kier alpha value is -0.640. The summed E-state index contributed by atoms with van der Waals surface area (Å²) in [5.41, 5.74) is 10.3. The molecule has 4 aliphatic carbocycles. The fourth-order valence-electron chi connectivity index (χ4n) is 5.96. The number of hydrogen-bond donors (Lipinski definition) is 3. The van der Waals surface area contributed by atoms with Gasteiger partial charge in [0.25, 0.3) is 0 Å².